The molecule has 0 N–H and O–H groups in total. The first kappa shape index (κ1) is 15.3. The molecule has 0 fully saturated rings. The van der Waals surface area contributed by atoms with Gasteiger partial charge in [-0.15, -0.1) is 0 Å². The molecule has 0 bridgehead atoms. The Morgan fingerprint density at radius 2 is 1.91 bits per heavy atom. The Hall–Kier alpha value is -2.62. The number of rotatable bonds is 6. The van der Waals surface area contributed by atoms with Crippen molar-refractivity contribution < 1.29 is 9.13 Å². The lowest BCUT2D eigenvalue weighted by Crippen LogP contribution is -2.01. The number of nitrogens with zero attached hydrogens (tertiary/aromatic N) is 2. The van der Waals surface area contributed by atoms with Crippen molar-refractivity contribution in [3.63, 3.8) is 0 Å². The maximum atomic E-state index is 13.6. The van der Waals surface area contributed by atoms with E-state index < -0.39 is 0 Å². The first-order chi connectivity index (χ1) is 11.2. The largest absolute Gasteiger partial charge is 0.454 e. The van der Waals surface area contributed by atoms with E-state index in [2.05, 4.69) is 16.5 Å². The predicted molar refractivity (Wildman–Crippen MR) is 88.2 cm³/mol. The average molecular weight is 310 g/mol. The van der Waals surface area contributed by atoms with Gasteiger partial charge in [0.2, 0.25) is 0 Å². The number of imidazole rings is 1. The highest BCUT2D eigenvalue weighted by atomic mass is 19.1. The van der Waals surface area contributed by atoms with Crippen molar-refractivity contribution in [2.75, 3.05) is 0 Å². The first-order valence-corrected chi connectivity index (χ1v) is 7.70. The second-order valence-electron chi connectivity index (χ2n) is 5.59. The van der Waals surface area contributed by atoms with Gasteiger partial charge in [0.25, 0.3) is 0 Å². The second kappa shape index (κ2) is 7.09. The summed E-state index contributed by atoms with van der Waals surface area (Å²) in [7, 11) is 0. The molecule has 3 aromatic rings. The number of hydrogen-bond acceptors (Lipinski definition) is 2. The van der Waals surface area contributed by atoms with Crippen molar-refractivity contribution in [2.45, 2.75) is 25.8 Å². The molecular formula is C19H19FN2O. The lowest BCUT2D eigenvalue weighted by atomic mass is 9.98. The van der Waals surface area contributed by atoms with Gasteiger partial charge in [0.15, 0.2) is 11.6 Å². The molecule has 4 heteroatoms. The summed E-state index contributed by atoms with van der Waals surface area (Å²) in [5.41, 5.74) is 1.24. The van der Waals surface area contributed by atoms with Gasteiger partial charge >= 0.3 is 0 Å². The Labute approximate surface area is 135 Å². The van der Waals surface area contributed by atoms with Gasteiger partial charge in [-0.25, -0.2) is 9.37 Å². The number of aromatic nitrogens is 2. The summed E-state index contributed by atoms with van der Waals surface area (Å²) in [6, 6.07) is 14.3. The minimum absolute atomic E-state index is 0.244. The molecule has 1 heterocycles. The predicted octanol–water partition coefficient (Wildman–Crippen LogP) is 5.01. The zero-order valence-corrected chi connectivity index (χ0v) is 13.0. The van der Waals surface area contributed by atoms with Crippen molar-refractivity contribution >= 4 is 0 Å². The summed E-state index contributed by atoms with van der Waals surface area (Å²) in [5.74, 6) is 0.958. The normalized spacial score (nSPS) is 12.1. The lowest BCUT2D eigenvalue weighted by molar-refractivity contribution is 0.442. The Morgan fingerprint density at radius 1 is 1.13 bits per heavy atom. The topological polar surface area (TPSA) is 27.1 Å². The molecule has 0 saturated heterocycles. The molecule has 0 aliphatic heterocycles. The molecule has 0 radical (unpaired) electrons. The van der Waals surface area contributed by atoms with Crippen molar-refractivity contribution in [3.8, 4) is 11.5 Å². The van der Waals surface area contributed by atoms with Crippen LogP contribution in [0.4, 0.5) is 4.39 Å². The SMILES string of the molecule is CC(CCn1ccnc1)c1ccc(Oc2ccccc2F)cc1. The number of aryl methyl sites for hydroxylation is 1. The van der Waals surface area contributed by atoms with Gasteiger partial charge in [-0.1, -0.05) is 31.2 Å². The molecule has 3 rings (SSSR count). The van der Waals surface area contributed by atoms with Gasteiger partial charge in [-0.05, 0) is 42.2 Å². The van der Waals surface area contributed by atoms with Crippen molar-refractivity contribution in [3.05, 3.63) is 78.6 Å². The summed E-state index contributed by atoms with van der Waals surface area (Å²) < 4.78 is 21.2. The standard InChI is InChI=1S/C19H19FN2O/c1-15(10-12-22-13-11-21-14-22)16-6-8-17(9-7-16)23-19-5-3-2-4-18(19)20/h2-9,11,13-15H,10,12H2,1H3. The molecular weight excluding hydrogens is 291 g/mol. The number of para-hydroxylation sites is 1. The van der Waals surface area contributed by atoms with E-state index in [4.69, 9.17) is 4.74 Å². The molecule has 2 aromatic carbocycles. The van der Waals surface area contributed by atoms with E-state index in [1.807, 2.05) is 36.8 Å². The van der Waals surface area contributed by atoms with Crippen LogP contribution in [0.5, 0.6) is 11.5 Å². The molecule has 0 aliphatic rings. The first-order valence-electron chi connectivity index (χ1n) is 7.70. The van der Waals surface area contributed by atoms with Crippen LogP contribution < -0.4 is 4.74 Å². The Kier molecular flexibility index (Phi) is 4.71. The van der Waals surface area contributed by atoms with E-state index in [0.717, 1.165) is 13.0 Å². The van der Waals surface area contributed by atoms with Crippen LogP contribution in [0, 0.1) is 5.82 Å². The summed E-state index contributed by atoms with van der Waals surface area (Å²) >= 11 is 0. The minimum atomic E-state index is -0.356. The van der Waals surface area contributed by atoms with Crippen LogP contribution in [-0.4, -0.2) is 9.55 Å². The number of ether oxygens (including phenoxy) is 1. The maximum Gasteiger partial charge on any atom is 0.165 e. The van der Waals surface area contributed by atoms with Gasteiger partial charge < -0.3 is 9.30 Å². The van der Waals surface area contributed by atoms with Crippen LogP contribution in [0.25, 0.3) is 0 Å². The monoisotopic (exact) mass is 310 g/mol. The molecule has 0 aliphatic carbocycles. The van der Waals surface area contributed by atoms with E-state index >= 15 is 0 Å². The molecule has 1 unspecified atom stereocenters. The average Bonchev–Trinajstić information content (AvgIpc) is 3.09. The van der Waals surface area contributed by atoms with E-state index in [9.17, 15) is 4.39 Å². The Bertz CT molecular complexity index is 738. The second-order valence-corrected chi connectivity index (χ2v) is 5.59. The fourth-order valence-corrected chi connectivity index (χ4v) is 2.45. The summed E-state index contributed by atoms with van der Waals surface area (Å²) in [4.78, 5) is 4.05. The third kappa shape index (κ3) is 3.97. The van der Waals surface area contributed by atoms with Gasteiger partial charge in [-0.2, -0.15) is 0 Å². The van der Waals surface area contributed by atoms with Crippen LogP contribution in [0.15, 0.2) is 67.3 Å². The van der Waals surface area contributed by atoms with Gasteiger partial charge in [-0.3, -0.25) is 0 Å². The number of halogens is 1. The quantitative estimate of drug-likeness (QED) is 0.640. The Morgan fingerprint density at radius 3 is 2.61 bits per heavy atom. The number of hydrogen-bond donors (Lipinski definition) is 0. The third-order valence-corrected chi connectivity index (χ3v) is 3.89. The highest BCUT2D eigenvalue weighted by molar-refractivity contribution is 5.34. The van der Waals surface area contributed by atoms with Crippen molar-refractivity contribution in [2.24, 2.45) is 0 Å². The molecule has 0 amide bonds. The lowest BCUT2D eigenvalue weighted by Gasteiger charge is -2.13. The highest BCUT2D eigenvalue weighted by Crippen LogP contribution is 2.27. The molecule has 118 valence electrons. The van der Waals surface area contributed by atoms with Crippen molar-refractivity contribution in [1.82, 2.24) is 9.55 Å². The fraction of sp³-hybridized carbons (Fsp3) is 0.211. The summed E-state index contributed by atoms with van der Waals surface area (Å²) in [5, 5.41) is 0. The maximum absolute atomic E-state index is 13.6. The molecule has 0 spiro atoms. The molecule has 1 atom stereocenters. The van der Waals surface area contributed by atoms with E-state index in [0.29, 0.717) is 11.7 Å². The highest BCUT2D eigenvalue weighted by Gasteiger charge is 2.07. The van der Waals surface area contributed by atoms with Crippen LogP contribution in [0.1, 0.15) is 24.8 Å². The van der Waals surface area contributed by atoms with E-state index in [-0.39, 0.29) is 11.6 Å². The summed E-state index contributed by atoms with van der Waals surface area (Å²) in [6.07, 6.45) is 6.62. The minimum Gasteiger partial charge on any atom is -0.454 e. The van der Waals surface area contributed by atoms with Crippen LogP contribution in [0.3, 0.4) is 0 Å². The van der Waals surface area contributed by atoms with E-state index in [1.54, 1.807) is 24.4 Å². The van der Waals surface area contributed by atoms with Gasteiger partial charge in [0.1, 0.15) is 5.75 Å². The Balaban J connectivity index is 1.61. The zero-order valence-electron chi connectivity index (χ0n) is 13.0. The van der Waals surface area contributed by atoms with Crippen molar-refractivity contribution in [1.29, 1.82) is 0 Å². The van der Waals surface area contributed by atoms with Gasteiger partial charge in [0.05, 0.1) is 6.33 Å². The molecule has 23 heavy (non-hydrogen) atoms. The number of benzene rings is 2. The molecule has 0 saturated carbocycles. The zero-order chi connectivity index (χ0) is 16.1. The molecule has 1 aromatic heterocycles. The van der Waals surface area contributed by atoms with Crippen LogP contribution in [0.2, 0.25) is 0 Å². The van der Waals surface area contributed by atoms with E-state index in [1.165, 1.54) is 11.6 Å². The fourth-order valence-electron chi connectivity index (χ4n) is 2.45. The third-order valence-electron chi connectivity index (χ3n) is 3.89. The van der Waals surface area contributed by atoms with Gasteiger partial charge in [0, 0.05) is 18.9 Å². The van der Waals surface area contributed by atoms with Crippen LogP contribution in [-0.2, 0) is 6.54 Å². The smallest absolute Gasteiger partial charge is 0.165 e. The molecule has 3 nitrogen and oxygen atoms in total. The van der Waals surface area contributed by atoms with Crippen LogP contribution >= 0.6 is 0 Å². The summed E-state index contributed by atoms with van der Waals surface area (Å²) in [6.45, 7) is 3.14.